The van der Waals surface area contributed by atoms with Crippen LogP contribution in [0.15, 0.2) is 12.2 Å². The van der Waals surface area contributed by atoms with Crippen LogP contribution in [0.4, 0.5) is 0 Å². The Labute approximate surface area is 120 Å². The molecule has 0 bridgehead atoms. The van der Waals surface area contributed by atoms with Gasteiger partial charge in [-0.3, -0.25) is 9.59 Å². The van der Waals surface area contributed by atoms with Crippen molar-refractivity contribution in [2.45, 2.75) is 45.2 Å². The van der Waals surface area contributed by atoms with Crippen LogP contribution in [0.3, 0.4) is 0 Å². The highest BCUT2D eigenvalue weighted by Gasteiger charge is 2.28. The molecule has 0 saturated carbocycles. The number of nitrogens with one attached hydrogen (secondary N) is 1. The third kappa shape index (κ3) is 3.60. The minimum Gasteiger partial charge on any atom is -0.353 e. The summed E-state index contributed by atoms with van der Waals surface area (Å²) in [5.74, 6) is 0.244. The van der Waals surface area contributed by atoms with E-state index in [1.807, 2.05) is 30.9 Å². The zero-order valence-corrected chi connectivity index (χ0v) is 12.3. The molecule has 0 aromatic carbocycles. The maximum absolute atomic E-state index is 12.1. The zero-order chi connectivity index (χ0) is 14.7. The summed E-state index contributed by atoms with van der Waals surface area (Å²) in [6.45, 7) is 5.32. The Morgan fingerprint density at radius 3 is 2.40 bits per heavy atom. The summed E-state index contributed by atoms with van der Waals surface area (Å²) in [5.41, 5.74) is 5.76. The Bertz CT molecular complexity index is 398. The second kappa shape index (κ2) is 6.39. The van der Waals surface area contributed by atoms with Gasteiger partial charge in [-0.25, -0.2) is 0 Å². The summed E-state index contributed by atoms with van der Waals surface area (Å²) < 4.78 is 0. The van der Waals surface area contributed by atoms with Crippen LogP contribution in [0, 0.1) is 11.8 Å². The molecule has 5 nitrogen and oxygen atoms in total. The fraction of sp³-hybridized carbons (Fsp3) is 0.733. The summed E-state index contributed by atoms with van der Waals surface area (Å²) in [7, 11) is 0. The van der Waals surface area contributed by atoms with Crippen LogP contribution in [-0.4, -0.2) is 41.9 Å². The minimum absolute atomic E-state index is 0.0104. The van der Waals surface area contributed by atoms with E-state index in [4.69, 9.17) is 5.73 Å². The Balaban J connectivity index is 1.76. The minimum atomic E-state index is -0.0830. The first-order valence-corrected chi connectivity index (χ1v) is 7.50. The number of nitrogens with two attached hydrogens (primary N) is 1. The number of carbonyl (C=O) groups is 2. The lowest BCUT2D eigenvalue weighted by Gasteiger charge is -2.33. The molecule has 2 aliphatic rings. The van der Waals surface area contributed by atoms with Gasteiger partial charge in [0.2, 0.25) is 11.8 Å². The molecule has 2 atom stereocenters. The number of likely N-dealkylation sites (tertiary alicyclic amines) is 1. The molecule has 1 fully saturated rings. The van der Waals surface area contributed by atoms with Crippen molar-refractivity contribution in [1.29, 1.82) is 0 Å². The van der Waals surface area contributed by atoms with Crippen molar-refractivity contribution in [2.24, 2.45) is 17.6 Å². The second-order valence-corrected chi connectivity index (χ2v) is 6.15. The fourth-order valence-electron chi connectivity index (χ4n) is 2.84. The fourth-order valence-corrected chi connectivity index (χ4v) is 2.84. The van der Waals surface area contributed by atoms with E-state index >= 15 is 0 Å². The Hall–Kier alpha value is -1.36. The predicted octanol–water partition coefficient (Wildman–Crippen LogP) is 0.653. The van der Waals surface area contributed by atoms with E-state index in [2.05, 4.69) is 5.32 Å². The van der Waals surface area contributed by atoms with E-state index in [-0.39, 0.29) is 35.7 Å². The quantitative estimate of drug-likeness (QED) is 0.745. The molecule has 5 heteroatoms. The number of rotatable bonds is 3. The molecule has 1 aliphatic heterocycles. The summed E-state index contributed by atoms with van der Waals surface area (Å²) in [4.78, 5) is 25.9. The average molecular weight is 279 g/mol. The molecular formula is C15H25N3O2. The maximum atomic E-state index is 12.1. The van der Waals surface area contributed by atoms with Gasteiger partial charge in [0.25, 0.3) is 0 Å². The zero-order valence-electron chi connectivity index (χ0n) is 12.3. The van der Waals surface area contributed by atoms with E-state index in [0.717, 1.165) is 25.9 Å². The molecular weight excluding hydrogens is 254 g/mol. The third-order valence-corrected chi connectivity index (χ3v) is 4.10. The van der Waals surface area contributed by atoms with Gasteiger partial charge in [-0.15, -0.1) is 0 Å². The van der Waals surface area contributed by atoms with Gasteiger partial charge in [0.1, 0.15) is 0 Å². The number of hydrogen-bond acceptors (Lipinski definition) is 3. The van der Waals surface area contributed by atoms with Gasteiger partial charge in [0, 0.05) is 31.1 Å². The van der Waals surface area contributed by atoms with Crippen LogP contribution in [0.5, 0.6) is 0 Å². The van der Waals surface area contributed by atoms with E-state index in [9.17, 15) is 9.59 Å². The maximum Gasteiger partial charge on any atom is 0.227 e. The van der Waals surface area contributed by atoms with Crippen LogP contribution in [0.25, 0.3) is 0 Å². The average Bonchev–Trinajstić information content (AvgIpc) is 2.85. The normalized spacial score (nSPS) is 27.1. The lowest BCUT2D eigenvalue weighted by molar-refractivity contribution is -0.135. The molecule has 112 valence electrons. The van der Waals surface area contributed by atoms with Crippen molar-refractivity contribution in [3.63, 3.8) is 0 Å². The molecule has 0 spiro atoms. The van der Waals surface area contributed by atoms with Gasteiger partial charge >= 0.3 is 0 Å². The van der Waals surface area contributed by atoms with Gasteiger partial charge in [-0.05, 0) is 19.3 Å². The first kappa shape index (κ1) is 15.0. The highest BCUT2D eigenvalue weighted by Crippen LogP contribution is 2.18. The number of piperidine rings is 1. The lowest BCUT2D eigenvalue weighted by Crippen LogP contribution is -2.48. The standard InChI is InChI=1S/C15H25N3O2/c1-10(2)15(20)18-7-5-13(6-8-18)17-14(19)11-3-4-12(16)9-11/h3-4,10-13H,5-9,16H2,1-2H3,(H,17,19). The molecule has 2 amide bonds. The van der Waals surface area contributed by atoms with Crippen LogP contribution in [0.1, 0.15) is 33.1 Å². The smallest absolute Gasteiger partial charge is 0.227 e. The summed E-state index contributed by atoms with van der Waals surface area (Å²) in [5, 5.41) is 3.09. The van der Waals surface area contributed by atoms with Crippen LogP contribution in [0.2, 0.25) is 0 Å². The first-order valence-electron chi connectivity index (χ1n) is 7.50. The SMILES string of the molecule is CC(C)C(=O)N1CCC(NC(=O)C2C=CC(N)C2)CC1. The van der Waals surface area contributed by atoms with E-state index in [1.54, 1.807) is 0 Å². The number of carbonyl (C=O) groups excluding carboxylic acids is 2. The van der Waals surface area contributed by atoms with E-state index in [0.29, 0.717) is 6.42 Å². The topological polar surface area (TPSA) is 75.4 Å². The van der Waals surface area contributed by atoms with Crippen molar-refractivity contribution in [2.75, 3.05) is 13.1 Å². The summed E-state index contributed by atoms with van der Waals surface area (Å²) in [6.07, 6.45) is 6.18. The molecule has 2 rings (SSSR count). The molecule has 1 aliphatic carbocycles. The van der Waals surface area contributed by atoms with Crippen LogP contribution >= 0.6 is 0 Å². The van der Waals surface area contributed by atoms with E-state index < -0.39 is 0 Å². The largest absolute Gasteiger partial charge is 0.353 e. The van der Waals surface area contributed by atoms with Gasteiger partial charge in [-0.2, -0.15) is 0 Å². The van der Waals surface area contributed by atoms with Gasteiger partial charge in [0.15, 0.2) is 0 Å². The van der Waals surface area contributed by atoms with Crippen LogP contribution < -0.4 is 11.1 Å². The highest BCUT2D eigenvalue weighted by atomic mass is 16.2. The Kier molecular flexibility index (Phi) is 4.81. The first-order chi connectivity index (χ1) is 9.47. The van der Waals surface area contributed by atoms with Gasteiger partial charge in [0.05, 0.1) is 5.92 Å². The predicted molar refractivity (Wildman–Crippen MR) is 77.8 cm³/mol. The monoisotopic (exact) mass is 279 g/mol. The Morgan fingerprint density at radius 2 is 1.90 bits per heavy atom. The molecule has 20 heavy (non-hydrogen) atoms. The number of amides is 2. The van der Waals surface area contributed by atoms with Crippen LogP contribution in [-0.2, 0) is 9.59 Å². The van der Waals surface area contributed by atoms with Crippen molar-refractivity contribution in [3.05, 3.63) is 12.2 Å². The molecule has 1 heterocycles. The lowest BCUT2D eigenvalue weighted by atomic mass is 10.0. The molecule has 3 N–H and O–H groups in total. The van der Waals surface area contributed by atoms with Crippen molar-refractivity contribution >= 4 is 11.8 Å². The second-order valence-electron chi connectivity index (χ2n) is 6.15. The van der Waals surface area contributed by atoms with Gasteiger partial charge < -0.3 is 16.0 Å². The molecule has 0 aromatic heterocycles. The van der Waals surface area contributed by atoms with Crippen molar-refractivity contribution < 1.29 is 9.59 Å². The molecule has 2 unspecified atom stereocenters. The van der Waals surface area contributed by atoms with Gasteiger partial charge in [-0.1, -0.05) is 26.0 Å². The Morgan fingerprint density at radius 1 is 1.25 bits per heavy atom. The van der Waals surface area contributed by atoms with Crippen molar-refractivity contribution in [1.82, 2.24) is 10.2 Å². The summed E-state index contributed by atoms with van der Waals surface area (Å²) in [6, 6.07) is 0.195. The number of hydrogen-bond donors (Lipinski definition) is 2. The highest BCUT2D eigenvalue weighted by molar-refractivity contribution is 5.81. The number of nitrogens with zero attached hydrogens (tertiary/aromatic N) is 1. The molecule has 0 radical (unpaired) electrons. The third-order valence-electron chi connectivity index (χ3n) is 4.10. The summed E-state index contributed by atoms with van der Waals surface area (Å²) >= 11 is 0. The molecule has 0 aromatic rings. The molecule has 1 saturated heterocycles. The van der Waals surface area contributed by atoms with Crippen molar-refractivity contribution in [3.8, 4) is 0 Å². The van der Waals surface area contributed by atoms with E-state index in [1.165, 1.54) is 0 Å².